The van der Waals surface area contributed by atoms with E-state index in [0.717, 1.165) is 37.7 Å². The molecule has 0 saturated heterocycles. The minimum Gasteiger partial charge on any atom is -0.390 e. The number of rotatable bonds is 0. The first-order valence-corrected chi connectivity index (χ1v) is 10.2. The standard InChI is InChI=1S/C22H34O3/c1-5-14-18(24)12-22(4)16-7-6-13-10-17(23)19(25)11-20(13,2)15(16)8-9-21(14,22)3/h5,13,15-17,19,23,25H,6-12H2,1-4H3/b14-5+/t13-,15-,16+,17+,19-,20-,21+,22-/m0/s1. The van der Waals surface area contributed by atoms with Gasteiger partial charge in [0, 0.05) is 11.8 Å². The average Bonchev–Trinajstić information content (AvgIpc) is 2.74. The van der Waals surface area contributed by atoms with Crippen molar-refractivity contribution in [1.29, 1.82) is 0 Å². The highest BCUT2D eigenvalue weighted by Crippen LogP contribution is 2.71. The van der Waals surface area contributed by atoms with Gasteiger partial charge >= 0.3 is 0 Å². The maximum Gasteiger partial charge on any atom is 0.159 e. The zero-order valence-corrected chi connectivity index (χ0v) is 16.2. The molecule has 3 nitrogen and oxygen atoms in total. The monoisotopic (exact) mass is 346 g/mol. The lowest BCUT2D eigenvalue weighted by atomic mass is 9.41. The van der Waals surface area contributed by atoms with Gasteiger partial charge in [-0.15, -0.1) is 0 Å². The van der Waals surface area contributed by atoms with E-state index >= 15 is 0 Å². The summed E-state index contributed by atoms with van der Waals surface area (Å²) < 4.78 is 0. The highest BCUT2D eigenvalue weighted by Gasteiger charge is 2.66. The molecule has 0 aromatic rings. The molecule has 4 fully saturated rings. The zero-order chi connectivity index (χ0) is 18.2. The van der Waals surface area contributed by atoms with E-state index in [2.05, 4.69) is 26.8 Å². The summed E-state index contributed by atoms with van der Waals surface area (Å²) in [5, 5.41) is 20.6. The molecule has 0 heterocycles. The third kappa shape index (κ3) is 2.09. The molecule has 140 valence electrons. The van der Waals surface area contributed by atoms with Crippen LogP contribution in [0.5, 0.6) is 0 Å². The summed E-state index contributed by atoms with van der Waals surface area (Å²) in [4.78, 5) is 12.8. The van der Waals surface area contributed by atoms with Crippen LogP contribution in [0.2, 0.25) is 0 Å². The summed E-state index contributed by atoms with van der Waals surface area (Å²) in [7, 11) is 0. The van der Waals surface area contributed by atoms with E-state index in [9.17, 15) is 15.0 Å². The molecule has 0 radical (unpaired) electrons. The van der Waals surface area contributed by atoms with Crippen LogP contribution in [0, 0.1) is 34.0 Å². The van der Waals surface area contributed by atoms with Crippen molar-refractivity contribution in [2.45, 2.75) is 84.8 Å². The first-order valence-electron chi connectivity index (χ1n) is 10.2. The second-order valence-electron chi connectivity index (χ2n) is 10.2. The maximum atomic E-state index is 12.8. The van der Waals surface area contributed by atoms with Gasteiger partial charge in [-0.25, -0.2) is 0 Å². The Bertz CT molecular complexity index is 625. The first-order chi connectivity index (χ1) is 11.7. The van der Waals surface area contributed by atoms with E-state index in [1.54, 1.807) is 0 Å². The smallest absolute Gasteiger partial charge is 0.159 e. The molecular weight excluding hydrogens is 312 g/mol. The van der Waals surface area contributed by atoms with E-state index in [0.29, 0.717) is 30.0 Å². The first kappa shape index (κ1) is 17.7. The second-order valence-corrected chi connectivity index (χ2v) is 10.2. The van der Waals surface area contributed by atoms with Gasteiger partial charge in [0.2, 0.25) is 0 Å². The number of allylic oxidation sites excluding steroid dienone is 2. The summed E-state index contributed by atoms with van der Waals surface area (Å²) >= 11 is 0. The Kier molecular flexibility index (Phi) is 3.84. The van der Waals surface area contributed by atoms with E-state index in [1.807, 2.05) is 6.92 Å². The molecule has 2 N–H and O–H groups in total. The zero-order valence-electron chi connectivity index (χ0n) is 16.2. The van der Waals surface area contributed by atoms with Gasteiger partial charge in [0.05, 0.1) is 12.2 Å². The fourth-order valence-electron chi connectivity index (χ4n) is 7.83. The molecule has 25 heavy (non-hydrogen) atoms. The Morgan fingerprint density at radius 2 is 1.76 bits per heavy atom. The van der Waals surface area contributed by atoms with Crippen LogP contribution in [-0.4, -0.2) is 28.2 Å². The van der Waals surface area contributed by atoms with E-state index in [-0.39, 0.29) is 16.2 Å². The summed E-state index contributed by atoms with van der Waals surface area (Å²) in [6, 6.07) is 0. The number of ketones is 1. The minimum atomic E-state index is -0.586. The van der Waals surface area contributed by atoms with Crippen molar-refractivity contribution < 1.29 is 15.0 Å². The molecule has 4 aliphatic rings. The van der Waals surface area contributed by atoms with Crippen LogP contribution in [0.25, 0.3) is 0 Å². The largest absolute Gasteiger partial charge is 0.390 e. The van der Waals surface area contributed by atoms with Gasteiger partial charge in [-0.3, -0.25) is 4.79 Å². The Hall–Kier alpha value is -0.670. The van der Waals surface area contributed by atoms with Gasteiger partial charge in [0.25, 0.3) is 0 Å². The topological polar surface area (TPSA) is 57.5 Å². The Labute approximate surface area is 151 Å². The molecule has 0 aliphatic heterocycles. The van der Waals surface area contributed by atoms with Crippen LogP contribution in [0.3, 0.4) is 0 Å². The van der Waals surface area contributed by atoms with Crippen molar-refractivity contribution in [3.05, 3.63) is 11.6 Å². The van der Waals surface area contributed by atoms with Crippen LogP contribution >= 0.6 is 0 Å². The molecule has 0 unspecified atom stereocenters. The van der Waals surface area contributed by atoms with Gasteiger partial charge in [-0.1, -0.05) is 26.8 Å². The van der Waals surface area contributed by atoms with Crippen molar-refractivity contribution >= 4 is 5.78 Å². The highest BCUT2D eigenvalue weighted by atomic mass is 16.3. The predicted octanol–water partition coefficient (Wildman–Crippen LogP) is 3.88. The summed E-state index contributed by atoms with van der Waals surface area (Å²) in [5.74, 6) is 1.99. The molecule has 0 spiro atoms. The van der Waals surface area contributed by atoms with Gasteiger partial charge in [0.15, 0.2) is 5.78 Å². The molecular formula is C22H34O3. The van der Waals surface area contributed by atoms with Crippen molar-refractivity contribution in [3.63, 3.8) is 0 Å². The van der Waals surface area contributed by atoms with Gasteiger partial charge in [-0.2, -0.15) is 0 Å². The third-order valence-corrected chi connectivity index (χ3v) is 9.46. The normalized spacial score (nSPS) is 57.1. The SMILES string of the molecule is C/C=C1\C(=O)C[C@@]2(C)[C@@H]3CC[C@H]4C[C@@H](O)[C@@H](O)C[C@]4(C)[C@H]3CC[C@]12C. The molecule has 4 saturated carbocycles. The number of carbonyl (C=O) groups excluding carboxylic acids is 1. The quantitative estimate of drug-likeness (QED) is 0.655. The van der Waals surface area contributed by atoms with Crippen LogP contribution in [0.15, 0.2) is 11.6 Å². The molecule has 3 heteroatoms. The third-order valence-electron chi connectivity index (χ3n) is 9.46. The predicted molar refractivity (Wildman–Crippen MR) is 97.9 cm³/mol. The number of aliphatic hydroxyl groups is 2. The number of hydrogen-bond acceptors (Lipinski definition) is 3. The summed E-state index contributed by atoms with van der Waals surface area (Å²) in [6.07, 6.45) is 7.62. The molecule has 0 bridgehead atoms. The lowest BCUT2D eigenvalue weighted by Gasteiger charge is -2.64. The minimum absolute atomic E-state index is 0.00991. The number of aliphatic hydroxyl groups excluding tert-OH is 2. The van der Waals surface area contributed by atoms with E-state index in [4.69, 9.17) is 0 Å². The highest BCUT2D eigenvalue weighted by molar-refractivity contribution is 6.00. The molecule has 4 rings (SSSR count). The average molecular weight is 347 g/mol. The molecule has 0 amide bonds. The molecule has 4 aliphatic carbocycles. The number of Topliss-reactive ketones (excluding diaryl/α,β-unsaturated/α-hetero) is 1. The Morgan fingerprint density at radius 3 is 2.44 bits per heavy atom. The number of fused-ring (bicyclic) bond motifs is 5. The van der Waals surface area contributed by atoms with Crippen LogP contribution in [0.1, 0.15) is 72.6 Å². The van der Waals surface area contributed by atoms with Gasteiger partial charge in [0.1, 0.15) is 0 Å². The van der Waals surface area contributed by atoms with E-state index in [1.165, 1.54) is 6.42 Å². The maximum absolute atomic E-state index is 12.8. The van der Waals surface area contributed by atoms with E-state index < -0.39 is 12.2 Å². The van der Waals surface area contributed by atoms with Gasteiger partial charge in [-0.05, 0) is 79.6 Å². The van der Waals surface area contributed by atoms with Crippen LogP contribution in [-0.2, 0) is 4.79 Å². The fraction of sp³-hybridized carbons (Fsp3) is 0.864. The molecule has 8 atom stereocenters. The summed E-state index contributed by atoms with van der Waals surface area (Å²) in [6.45, 7) is 9.09. The lowest BCUT2D eigenvalue weighted by Crippen LogP contribution is -2.59. The second kappa shape index (κ2) is 5.42. The lowest BCUT2D eigenvalue weighted by molar-refractivity contribution is -0.174. The number of hydrogen-bond donors (Lipinski definition) is 2. The summed E-state index contributed by atoms with van der Waals surface area (Å²) in [5.41, 5.74) is 1.23. The van der Waals surface area contributed by atoms with Crippen molar-refractivity contribution in [3.8, 4) is 0 Å². The van der Waals surface area contributed by atoms with Crippen LogP contribution < -0.4 is 0 Å². The molecule has 0 aromatic heterocycles. The van der Waals surface area contributed by atoms with Crippen molar-refractivity contribution in [2.24, 2.45) is 34.0 Å². The van der Waals surface area contributed by atoms with Crippen LogP contribution in [0.4, 0.5) is 0 Å². The fourth-order valence-corrected chi connectivity index (χ4v) is 7.83. The molecule has 0 aromatic carbocycles. The van der Waals surface area contributed by atoms with Gasteiger partial charge < -0.3 is 10.2 Å². The van der Waals surface area contributed by atoms with Crippen molar-refractivity contribution in [1.82, 2.24) is 0 Å². The Balaban J connectivity index is 1.73. The number of carbonyl (C=O) groups is 1. The van der Waals surface area contributed by atoms with Crippen molar-refractivity contribution in [2.75, 3.05) is 0 Å². The Morgan fingerprint density at radius 1 is 1.04 bits per heavy atom.